The molecule has 6 heteroatoms. The second kappa shape index (κ2) is 10.6. The largest absolute Gasteiger partial charge is 0.336 e. The van der Waals surface area contributed by atoms with E-state index in [4.69, 9.17) is 28.2 Å². The van der Waals surface area contributed by atoms with Crippen LogP contribution in [0.5, 0.6) is 0 Å². The second-order valence-electron chi connectivity index (χ2n) is 8.60. The maximum Gasteiger partial charge on any atom is 0.254 e. The number of fused-ring (bicyclic) bond motifs is 1. The van der Waals surface area contributed by atoms with Gasteiger partial charge in [-0.3, -0.25) is 9.69 Å². The molecule has 0 radical (unpaired) electrons. The summed E-state index contributed by atoms with van der Waals surface area (Å²) in [4.78, 5) is 22.7. The van der Waals surface area contributed by atoms with Crippen LogP contribution in [0.4, 0.5) is 0 Å². The molecule has 1 aromatic heterocycles. The van der Waals surface area contributed by atoms with Gasteiger partial charge in [-0.25, -0.2) is 4.98 Å². The Kier molecular flexibility index (Phi) is 7.14. The summed E-state index contributed by atoms with van der Waals surface area (Å²) in [5.41, 5.74) is 4.03. The number of rotatable bonds is 5. The SMILES string of the molecule is O=C(c1cc(-c2ccc(Cl)cc2Cl)nc2ccccc12)N1CCN(CC=Cc2ccccc2)CC1. The first-order valence-corrected chi connectivity index (χ1v) is 12.4. The van der Waals surface area contributed by atoms with Gasteiger partial charge in [-0.2, -0.15) is 0 Å². The number of hydrogen-bond acceptors (Lipinski definition) is 3. The number of aromatic nitrogens is 1. The lowest BCUT2D eigenvalue weighted by Gasteiger charge is -2.34. The van der Waals surface area contributed by atoms with E-state index in [-0.39, 0.29) is 5.91 Å². The van der Waals surface area contributed by atoms with E-state index in [1.165, 1.54) is 5.56 Å². The third-order valence-corrected chi connectivity index (χ3v) is 6.83. The topological polar surface area (TPSA) is 36.4 Å². The van der Waals surface area contributed by atoms with Gasteiger partial charge in [0, 0.05) is 48.7 Å². The smallest absolute Gasteiger partial charge is 0.254 e. The highest BCUT2D eigenvalue weighted by Crippen LogP contribution is 2.32. The van der Waals surface area contributed by atoms with E-state index in [9.17, 15) is 4.79 Å². The lowest BCUT2D eigenvalue weighted by atomic mass is 10.0. The maximum absolute atomic E-state index is 13.7. The highest BCUT2D eigenvalue weighted by atomic mass is 35.5. The Morgan fingerprint density at radius 3 is 2.40 bits per heavy atom. The van der Waals surface area contributed by atoms with Gasteiger partial charge in [0.2, 0.25) is 0 Å². The maximum atomic E-state index is 13.7. The summed E-state index contributed by atoms with van der Waals surface area (Å²) in [5, 5.41) is 1.92. The van der Waals surface area contributed by atoms with E-state index < -0.39 is 0 Å². The van der Waals surface area contributed by atoms with Gasteiger partial charge in [0.1, 0.15) is 0 Å². The van der Waals surface area contributed by atoms with Crippen molar-refractivity contribution in [2.45, 2.75) is 0 Å². The highest BCUT2D eigenvalue weighted by molar-refractivity contribution is 6.36. The Bertz CT molecular complexity index is 1380. The molecule has 4 aromatic rings. The van der Waals surface area contributed by atoms with Crippen molar-refractivity contribution < 1.29 is 4.79 Å². The van der Waals surface area contributed by atoms with Crippen LogP contribution in [0, 0.1) is 0 Å². The molecule has 1 saturated heterocycles. The number of amides is 1. The van der Waals surface area contributed by atoms with Crippen LogP contribution in [0.15, 0.2) is 84.9 Å². The van der Waals surface area contributed by atoms with Crippen LogP contribution in [-0.4, -0.2) is 53.4 Å². The van der Waals surface area contributed by atoms with Crippen LogP contribution in [-0.2, 0) is 0 Å². The third kappa shape index (κ3) is 5.40. The van der Waals surface area contributed by atoms with Crippen molar-refractivity contribution in [1.82, 2.24) is 14.8 Å². The van der Waals surface area contributed by atoms with Gasteiger partial charge in [-0.05, 0) is 35.9 Å². The predicted molar refractivity (Wildman–Crippen MR) is 145 cm³/mol. The molecule has 0 atom stereocenters. The first-order chi connectivity index (χ1) is 17.1. The fourth-order valence-electron chi connectivity index (χ4n) is 4.39. The monoisotopic (exact) mass is 501 g/mol. The Hall–Kier alpha value is -3.18. The average Bonchev–Trinajstić information content (AvgIpc) is 2.89. The molecule has 3 aromatic carbocycles. The normalized spacial score (nSPS) is 14.6. The third-order valence-electron chi connectivity index (χ3n) is 6.29. The summed E-state index contributed by atoms with van der Waals surface area (Å²) in [7, 11) is 0. The molecular formula is C29H25Cl2N3O. The van der Waals surface area contributed by atoms with Gasteiger partial charge in [0.25, 0.3) is 5.91 Å². The molecule has 0 aliphatic carbocycles. The molecule has 1 amide bonds. The second-order valence-corrected chi connectivity index (χ2v) is 9.45. The first-order valence-electron chi connectivity index (χ1n) is 11.7. The fourth-order valence-corrected chi connectivity index (χ4v) is 4.90. The molecule has 4 nitrogen and oxygen atoms in total. The minimum absolute atomic E-state index is 0.0226. The Morgan fingerprint density at radius 1 is 0.886 bits per heavy atom. The summed E-state index contributed by atoms with van der Waals surface area (Å²) < 4.78 is 0. The lowest BCUT2D eigenvalue weighted by Crippen LogP contribution is -2.48. The molecule has 1 fully saturated rings. The summed E-state index contributed by atoms with van der Waals surface area (Å²) in [5.74, 6) is 0.0226. The Balaban J connectivity index is 1.34. The van der Waals surface area contributed by atoms with Gasteiger partial charge >= 0.3 is 0 Å². The molecule has 0 bridgehead atoms. The predicted octanol–water partition coefficient (Wildman–Crippen LogP) is 6.68. The van der Waals surface area contributed by atoms with E-state index in [1.54, 1.807) is 12.1 Å². The van der Waals surface area contributed by atoms with Gasteiger partial charge in [0.05, 0.1) is 21.8 Å². The van der Waals surface area contributed by atoms with E-state index in [1.807, 2.05) is 59.5 Å². The van der Waals surface area contributed by atoms with Crippen LogP contribution in [0.25, 0.3) is 28.2 Å². The van der Waals surface area contributed by atoms with Crippen LogP contribution < -0.4 is 0 Å². The van der Waals surface area contributed by atoms with Crippen molar-refractivity contribution in [1.29, 1.82) is 0 Å². The van der Waals surface area contributed by atoms with Crippen LogP contribution >= 0.6 is 23.2 Å². The number of carbonyl (C=O) groups excluding carboxylic acids is 1. The van der Waals surface area contributed by atoms with Crippen molar-refractivity contribution in [2.75, 3.05) is 32.7 Å². The van der Waals surface area contributed by atoms with Crippen molar-refractivity contribution >= 4 is 46.1 Å². The number of pyridine rings is 1. The molecule has 1 aliphatic rings. The zero-order valence-electron chi connectivity index (χ0n) is 19.2. The highest BCUT2D eigenvalue weighted by Gasteiger charge is 2.24. The van der Waals surface area contributed by atoms with E-state index in [0.29, 0.717) is 34.4 Å². The van der Waals surface area contributed by atoms with E-state index in [0.717, 1.165) is 36.1 Å². The van der Waals surface area contributed by atoms with Gasteiger partial charge in [-0.1, -0.05) is 83.9 Å². The van der Waals surface area contributed by atoms with Gasteiger partial charge in [0.15, 0.2) is 0 Å². The molecule has 2 heterocycles. The average molecular weight is 502 g/mol. The van der Waals surface area contributed by atoms with Crippen LogP contribution in [0.3, 0.4) is 0 Å². The number of para-hydroxylation sites is 1. The number of nitrogens with zero attached hydrogens (tertiary/aromatic N) is 3. The Morgan fingerprint density at radius 2 is 1.63 bits per heavy atom. The van der Waals surface area contributed by atoms with Crippen LogP contribution in [0.2, 0.25) is 10.0 Å². The standard InChI is InChI=1S/C29H25Cl2N3O/c30-22-12-13-24(26(31)19-22)28-20-25(23-10-4-5-11-27(23)32-28)29(35)34-17-15-33(16-18-34)14-6-9-21-7-2-1-3-8-21/h1-13,19-20H,14-18H2. The van der Waals surface area contributed by atoms with E-state index in [2.05, 4.69) is 29.2 Å². The van der Waals surface area contributed by atoms with Gasteiger partial charge in [-0.15, -0.1) is 0 Å². The zero-order chi connectivity index (χ0) is 24.2. The van der Waals surface area contributed by atoms with Crippen molar-refractivity contribution in [3.8, 4) is 11.3 Å². The number of halogens is 2. The van der Waals surface area contributed by atoms with Crippen LogP contribution in [0.1, 0.15) is 15.9 Å². The quantitative estimate of drug-likeness (QED) is 0.306. The molecule has 0 spiro atoms. The summed E-state index contributed by atoms with van der Waals surface area (Å²) in [6.07, 6.45) is 4.33. The first kappa shape index (κ1) is 23.6. The zero-order valence-corrected chi connectivity index (χ0v) is 20.7. The number of carbonyl (C=O) groups is 1. The minimum Gasteiger partial charge on any atom is -0.336 e. The molecule has 0 N–H and O–H groups in total. The minimum atomic E-state index is 0.0226. The lowest BCUT2D eigenvalue weighted by molar-refractivity contribution is 0.0652. The molecule has 176 valence electrons. The number of benzene rings is 3. The fraction of sp³-hybridized carbons (Fsp3) is 0.172. The summed E-state index contributed by atoms with van der Waals surface area (Å²) >= 11 is 12.5. The van der Waals surface area contributed by atoms with Crippen molar-refractivity contribution in [3.05, 3.63) is 106 Å². The molecular weight excluding hydrogens is 477 g/mol. The number of hydrogen-bond donors (Lipinski definition) is 0. The molecule has 1 aliphatic heterocycles. The molecule has 0 saturated carbocycles. The van der Waals surface area contributed by atoms with Crippen molar-refractivity contribution in [2.24, 2.45) is 0 Å². The number of piperazine rings is 1. The Labute approximate surface area is 215 Å². The molecule has 0 unspecified atom stereocenters. The summed E-state index contributed by atoms with van der Waals surface area (Å²) in [6, 6.07) is 25.2. The molecule has 35 heavy (non-hydrogen) atoms. The summed E-state index contributed by atoms with van der Waals surface area (Å²) in [6.45, 7) is 3.92. The van der Waals surface area contributed by atoms with Crippen molar-refractivity contribution in [3.63, 3.8) is 0 Å². The van der Waals surface area contributed by atoms with Gasteiger partial charge < -0.3 is 4.90 Å². The molecule has 5 rings (SSSR count). The van der Waals surface area contributed by atoms with E-state index >= 15 is 0 Å².